The number of nitrogens with one attached hydrogen (secondary N) is 1. The number of aromatic amines is 1. The number of fused-ring (bicyclic) bond motifs is 2. The van der Waals surface area contributed by atoms with Crippen LogP contribution in [0.3, 0.4) is 0 Å². The Hall–Kier alpha value is -3.19. The predicted molar refractivity (Wildman–Crippen MR) is 126 cm³/mol. The first-order valence-electron chi connectivity index (χ1n) is 12.1. The number of aromatic nitrogens is 3. The fraction of sp³-hybridized carbons (Fsp3) is 0.407. The molecule has 7 heteroatoms. The van der Waals surface area contributed by atoms with Gasteiger partial charge in [-0.2, -0.15) is 5.10 Å². The van der Waals surface area contributed by atoms with Crippen LogP contribution in [0.5, 0.6) is 0 Å². The van der Waals surface area contributed by atoms with E-state index in [0.717, 1.165) is 60.8 Å². The molecule has 2 aliphatic carbocycles. The number of hydrogen-bond donors (Lipinski definition) is 2. The molecule has 6 nitrogen and oxygen atoms in total. The monoisotopic (exact) mass is 459 g/mol. The predicted octanol–water partition coefficient (Wildman–Crippen LogP) is 5.51. The summed E-state index contributed by atoms with van der Waals surface area (Å²) in [5, 5.41) is 19.0. The quantitative estimate of drug-likeness (QED) is 0.422. The van der Waals surface area contributed by atoms with Crippen LogP contribution in [0.2, 0.25) is 0 Å². The van der Waals surface area contributed by atoms with Crippen molar-refractivity contribution in [2.45, 2.75) is 43.9 Å². The number of H-pyrrole nitrogens is 1. The van der Waals surface area contributed by atoms with Crippen LogP contribution in [0, 0.1) is 17.2 Å². The van der Waals surface area contributed by atoms with E-state index in [4.69, 9.17) is 4.74 Å². The molecule has 1 saturated heterocycles. The molecule has 3 fully saturated rings. The van der Waals surface area contributed by atoms with Crippen molar-refractivity contribution in [3.63, 3.8) is 0 Å². The van der Waals surface area contributed by atoms with E-state index in [1.165, 1.54) is 28.8 Å². The van der Waals surface area contributed by atoms with E-state index in [0.29, 0.717) is 12.5 Å². The molecule has 4 aromatic rings. The third kappa shape index (κ3) is 2.89. The fourth-order valence-electron chi connectivity index (χ4n) is 6.90. The molecule has 174 valence electrons. The zero-order valence-electron chi connectivity index (χ0n) is 18.8. The maximum atomic E-state index is 13.8. The van der Waals surface area contributed by atoms with Crippen molar-refractivity contribution in [2.75, 3.05) is 13.2 Å². The van der Waals surface area contributed by atoms with Crippen molar-refractivity contribution >= 4 is 27.8 Å². The smallest absolute Gasteiger partial charge is 0.306 e. The van der Waals surface area contributed by atoms with E-state index >= 15 is 0 Å². The summed E-state index contributed by atoms with van der Waals surface area (Å²) >= 11 is 0. The second-order valence-electron chi connectivity index (χ2n) is 10.5. The van der Waals surface area contributed by atoms with Gasteiger partial charge >= 0.3 is 5.97 Å². The maximum absolute atomic E-state index is 13.8. The first-order chi connectivity index (χ1) is 16.5. The van der Waals surface area contributed by atoms with Crippen molar-refractivity contribution in [3.8, 4) is 5.69 Å². The highest BCUT2D eigenvalue weighted by Crippen LogP contribution is 2.65. The average molecular weight is 460 g/mol. The molecule has 2 aromatic carbocycles. The lowest BCUT2D eigenvalue weighted by atomic mass is 9.47. The number of carbonyl (C=O) groups is 1. The molecule has 2 aromatic heterocycles. The third-order valence-corrected chi connectivity index (χ3v) is 8.48. The topological polar surface area (TPSA) is 80.1 Å². The van der Waals surface area contributed by atoms with Gasteiger partial charge in [0.1, 0.15) is 5.82 Å². The first-order valence-corrected chi connectivity index (χ1v) is 12.1. The van der Waals surface area contributed by atoms with Gasteiger partial charge in [0.15, 0.2) is 0 Å². The van der Waals surface area contributed by atoms with Crippen LogP contribution in [-0.2, 0) is 9.53 Å². The van der Waals surface area contributed by atoms with Crippen molar-refractivity contribution in [1.82, 2.24) is 14.8 Å². The van der Waals surface area contributed by atoms with Crippen LogP contribution in [0.1, 0.15) is 55.2 Å². The highest BCUT2D eigenvalue weighted by Gasteiger charge is 2.56. The number of benzene rings is 2. The fourth-order valence-corrected chi connectivity index (χ4v) is 6.90. The Morgan fingerprint density at radius 1 is 1.15 bits per heavy atom. The van der Waals surface area contributed by atoms with Crippen LogP contribution in [0.4, 0.5) is 4.39 Å². The molecule has 7 rings (SSSR count). The number of carboxylic acids is 1. The normalized spacial score (nSPS) is 28.4. The molecule has 1 spiro atoms. The molecule has 3 heterocycles. The van der Waals surface area contributed by atoms with Crippen molar-refractivity contribution in [3.05, 3.63) is 59.7 Å². The third-order valence-electron chi connectivity index (χ3n) is 8.48. The Morgan fingerprint density at radius 2 is 1.94 bits per heavy atom. The molecule has 2 saturated carbocycles. The van der Waals surface area contributed by atoms with E-state index in [-0.39, 0.29) is 23.1 Å². The lowest BCUT2D eigenvalue weighted by Gasteiger charge is -2.57. The lowest BCUT2D eigenvalue weighted by molar-refractivity contribution is -0.155. The summed E-state index contributed by atoms with van der Waals surface area (Å²) in [4.78, 5) is 11.4. The van der Waals surface area contributed by atoms with Gasteiger partial charge in [-0.05, 0) is 85.4 Å². The standard InChI is InChI=1S/C27H26FN3O3/c28-19-1-3-20(4-2-19)31-23-7-16-13-29-30-22(16)8-21(23)24(25(31)15-5-6-34-14-15)17-9-27(10-17)11-18(12-27)26(32)33/h1-4,7-8,13,15,17-18H,5-6,9-12,14H2,(H,29,30)(H,32,33). The Balaban J connectivity index is 1.42. The second-order valence-corrected chi connectivity index (χ2v) is 10.5. The van der Waals surface area contributed by atoms with E-state index in [1.54, 1.807) is 0 Å². The first kappa shape index (κ1) is 20.2. The zero-order valence-corrected chi connectivity index (χ0v) is 18.8. The van der Waals surface area contributed by atoms with Crippen molar-refractivity contribution in [2.24, 2.45) is 11.3 Å². The number of rotatable bonds is 4. The van der Waals surface area contributed by atoms with Crippen LogP contribution >= 0.6 is 0 Å². The van der Waals surface area contributed by atoms with Gasteiger partial charge in [0, 0.05) is 34.7 Å². The van der Waals surface area contributed by atoms with Crippen LogP contribution < -0.4 is 0 Å². The summed E-state index contributed by atoms with van der Waals surface area (Å²) < 4.78 is 21.9. The van der Waals surface area contributed by atoms with Crippen molar-refractivity contribution in [1.29, 1.82) is 0 Å². The lowest BCUT2D eigenvalue weighted by Crippen LogP contribution is -2.49. The number of halogens is 1. The molecule has 1 unspecified atom stereocenters. The maximum Gasteiger partial charge on any atom is 0.306 e. The number of ether oxygens (including phenoxy) is 1. The summed E-state index contributed by atoms with van der Waals surface area (Å²) in [7, 11) is 0. The molecule has 1 atom stereocenters. The molecule has 0 amide bonds. The summed E-state index contributed by atoms with van der Waals surface area (Å²) in [5.41, 5.74) is 5.87. The minimum atomic E-state index is -0.660. The van der Waals surface area contributed by atoms with Gasteiger partial charge in [-0.25, -0.2) is 4.39 Å². The zero-order chi connectivity index (χ0) is 23.0. The van der Waals surface area contributed by atoms with E-state index in [2.05, 4.69) is 26.9 Å². The van der Waals surface area contributed by atoms with Gasteiger partial charge in [0.05, 0.1) is 29.8 Å². The van der Waals surface area contributed by atoms with Gasteiger partial charge in [0.25, 0.3) is 0 Å². The van der Waals surface area contributed by atoms with Gasteiger partial charge in [-0.15, -0.1) is 0 Å². The SMILES string of the molecule is O=C(O)C1CC2(C1)CC(c1c(C3CCOC3)n(-c3ccc(F)cc3)c3cc4cn[nH]c4cc13)C2. The summed E-state index contributed by atoms with van der Waals surface area (Å²) in [6.07, 6.45) is 6.45. The number of carboxylic acid groups (broad SMARTS) is 1. The largest absolute Gasteiger partial charge is 0.481 e. The van der Waals surface area contributed by atoms with Crippen LogP contribution in [0.25, 0.3) is 27.5 Å². The molecule has 34 heavy (non-hydrogen) atoms. The number of aliphatic carboxylic acids is 1. The second kappa shape index (κ2) is 7.15. The highest BCUT2D eigenvalue weighted by atomic mass is 19.1. The molecule has 1 aliphatic heterocycles. The minimum absolute atomic E-state index is 0.180. The summed E-state index contributed by atoms with van der Waals surface area (Å²) in [6.45, 7) is 1.43. The Labute approximate surface area is 195 Å². The van der Waals surface area contributed by atoms with Crippen LogP contribution in [-0.4, -0.2) is 39.1 Å². The molecule has 0 radical (unpaired) electrons. The number of hydrogen-bond acceptors (Lipinski definition) is 3. The Bertz CT molecular complexity index is 1420. The molecule has 0 bridgehead atoms. The van der Waals surface area contributed by atoms with Gasteiger partial charge < -0.3 is 14.4 Å². The van der Waals surface area contributed by atoms with E-state index in [9.17, 15) is 14.3 Å². The summed E-state index contributed by atoms with van der Waals surface area (Å²) in [6, 6.07) is 11.1. The van der Waals surface area contributed by atoms with E-state index < -0.39 is 5.97 Å². The minimum Gasteiger partial charge on any atom is -0.481 e. The molecule has 2 N–H and O–H groups in total. The average Bonchev–Trinajstić information content (AvgIpc) is 3.49. The van der Waals surface area contributed by atoms with E-state index in [1.807, 2.05) is 18.3 Å². The van der Waals surface area contributed by atoms with Gasteiger partial charge in [-0.3, -0.25) is 9.89 Å². The van der Waals surface area contributed by atoms with Crippen molar-refractivity contribution < 1.29 is 19.0 Å². The highest BCUT2D eigenvalue weighted by molar-refractivity contribution is 5.99. The van der Waals surface area contributed by atoms with Gasteiger partial charge in [-0.1, -0.05) is 0 Å². The Morgan fingerprint density at radius 3 is 2.65 bits per heavy atom. The van der Waals surface area contributed by atoms with Crippen LogP contribution in [0.15, 0.2) is 42.6 Å². The number of nitrogens with zero attached hydrogens (tertiary/aromatic N) is 2. The Kier molecular flexibility index (Phi) is 4.25. The van der Waals surface area contributed by atoms with Gasteiger partial charge in [0.2, 0.25) is 0 Å². The summed E-state index contributed by atoms with van der Waals surface area (Å²) in [5.74, 6) is -0.438. The molecule has 3 aliphatic rings. The molecular formula is C27H26FN3O3. The molecular weight excluding hydrogens is 433 g/mol.